The van der Waals surface area contributed by atoms with E-state index >= 15 is 0 Å². The van der Waals surface area contributed by atoms with Crippen LogP contribution in [0, 0.1) is 0 Å². The number of carbonyl (C=O) groups is 1. The van der Waals surface area contributed by atoms with Crippen molar-refractivity contribution in [1.82, 2.24) is 20.6 Å². The molecule has 0 unspecified atom stereocenters. The van der Waals surface area contributed by atoms with Gasteiger partial charge in [-0.15, -0.1) is 10.2 Å². The van der Waals surface area contributed by atoms with Crippen LogP contribution in [0.4, 0.5) is 16.2 Å². The minimum Gasteiger partial charge on any atom is -0.351 e. The Bertz CT molecular complexity index is 1060. The van der Waals surface area contributed by atoms with Gasteiger partial charge >= 0.3 is 6.03 Å². The van der Waals surface area contributed by atoms with Crippen molar-refractivity contribution in [1.29, 1.82) is 0 Å². The van der Waals surface area contributed by atoms with Gasteiger partial charge in [0.25, 0.3) is 0 Å². The summed E-state index contributed by atoms with van der Waals surface area (Å²) in [4.78, 5) is 13.8. The number of para-hydroxylation sites is 1. The molecule has 0 radical (unpaired) electrons. The largest absolute Gasteiger partial charge is 0.351 e. The van der Waals surface area contributed by atoms with Crippen LogP contribution < -0.4 is 10.6 Å². The number of hydrogen-bond acceptors (Lipinski definition) is 4. The fraction of sp³-hybridized carbons (Fsp3) is 0. The molecule has 4 rings (SSSR count). The van der Waals surface area contributed by atoms with Gasteiger partial charge in [0, 0.05) is 5.56 Å². The smallest absolute Gasteiger partial charge is 0.323 e. The van der Waals surface area contributed by atoms with Gasteiger partial charge in [-0.2, -0.15) is 5.21 Å². The zero-order valence-electron chi connectivity index (χ0n) is 14.3. The van der Waals surface area contributed by atoms with E-state index in [0.29, 0.717) is 22.8 Å². The van der Waals surface area contributed by atoms with Gasteiger partial charge in [-0.25, -0.2) is 4.79 Å². The number of benzene rings is 3. The van der Waals surface area contributed by atoms with Crippen molar-refractivity contribution in [2.24, 2.45) is 5.73 Å². The summed E-state index contributed by atoms with van der Waals surface area (Å²) < 4.78 is 0. The van der Waals surface area contributed by atoms with Crippen LogP contribution in [0.2, 0.25) is 0 Å². The number of anilines is 2. The molecule has 1 aromatic heterocycles. The zero-order chi connectivity index (χ0) is 18.6. The molecule has 0 saturated carbocycles. The highest BCUT2D eigenvalue weighted by molar-refractivity contribution is 6.02. The van der Waals surface area contributed by atoms with Crippen molar-refractivity contribution in [2.45, 2.75) is 0 Å². The third kappa shape index (κ3) is 3.25. The third-order valence-corrected chi connectivity index (χ3v) is 4.16. The van der Waals surface area contributed by atoms with Gasteiger partial charge in [0.15, 0.2) is 0 Å². The van der Waals surface area contributed by atoms with E-state index in [1.165, 1.54) is 4.90 Å². The molecule has 1 heterocycles. The lowest BCUT2D eigenvalue weighted by molar-refractivity contribution is 0.256. The Kier molecular flexibility index (Phi) is 4.32. The topological polar surface area (TPSA) is 101 Å². The Morgan fingerprint density at radius 3 is 2.37 bits per heavy atom. The number of H-pyrrole nitrogens is 1. The second-order valence-corrected chi connectivity index (χ2v) is 5.84. The number of primary amides is 1. The molecule has 0 bridgehead atoms. The van der Waals surface area contributed by atoms with Crippen LogP contribution in [0.3, 0.4) is 0 Å². The van der Waals surface area contributed by atoms with E-state index in [2.05, 4.69) is 20.6 Å². The van der Waals surface area contributed by atoms with Crippen molar-refractivity contribution in [3.63, 3.8) is 0 Å². The number of nitrogens with two attached hydrogens (primary N) is 1. The van der Waals surface area contributed by atoms with Gasteiger partial charge < -0.3 is 5.73 Å². The second-order valence-electron chi connectivity index (χ2n) is 5.84. The lowest BCUT2D eigenvalue weighted by atomic mass is 10.0. The molecule has 2 amide bonds. The van der Waals surface area contributed by atoms with Crippen LogP contribution in [-0.2, 0) is 0 Å². The van der Waals surface area contributed by atoms with Crippen molar-refractivity contribution >= 4 is 17.4 Å². The average Bonchev–Trinajstić information content (AvgIpc) is 3.24. The van der Waals surface area contributed by atoms with Crippen LogP contribution in [0.15, 0.2) is 78.9 Å². The Morgan fingerprint density at radius 2 is 1.63 bits per heavy atom. The number of rotatable bonds is 4. The number of hydrogen-bond donors (Lipinski definition) is 2. The first kappa shape index (κ1) is 16.5. The second kappa shape index (κ2) is 7.09. The fourth-order valence-corrected chi connectivity index (χ4v) is 2.97. The van der Waals surface area contributed by atoms with Crippen molar-refractivity contribution in [3.05, 3.63) is 78.9 Å². The number of carbonyl (C=O) groups excluding carboxylic acids is 1. The predicted octanol–water partition coefficient (Wildman–Crippen LogP) is 3.75. The van der Waals surface area contributed by atoms with Gasteiger partial charge in [-0.05, 0) is 40.6 Å². The van der Waals surface area contributed by atoms with Gasteiger partial charge in [0.05, 0.1) is 11.4 Å². The molecule has 0 aliphatic rings. The zero-order valence-corrected chi connectivity index (χ0v) is 14.3. The van der Waals surface area contributed by atoms with E-state index < -0.39 is 6.03 Å². The summed E-state index contributed by atoms with van der Waals surface area (Å²) in [6, 6.07) is 24.3. The van der Waals surface area contributed by atoms with Crippen LogP contribution in [0.1, 0.15) is 0 Å². The molecule has 27 heavy (non-hydrogen) atoms. The Hall–Kier alpha value is -4.00. The summed E-state index contributed by atoms with van der Waals surface area (Å²) in [7, 11) is 0. The fourth-order valence-electron chi connectivity index (χ4n) is 2.97. The minimum atomic E-state index is -0.601. The maximum Gasteiger partial charge on any atom is 0.323 e. The van der Waals surface area contributed by atoms with Crippen molar-refractivity contribution < 1.29 is 4.79 Å². The quantitative estimate of drug-likeness (QED) is 0.581. The van der Waals surface area contributed by atoms with Crippen LogP contribution >= 0.6 is 0 Å². The SMILES string of the molecule is NC(=O)N(c1cccc(-c2ccccc2)c1)c1ccccc1-c1nn[nH]n1. The molecule has 7 nitrogen and oxygen atoms in total. The highest BCUT2D eigenvalue weighted by atomic mass is 16.2. The lowest BCUT2D eigenvalue weighted by Gasteiger charge is -2.23. The van der Waals surface area contributed by atoms with E-state index in [1.54, 1.807) is 6.07 Å². The number of tetrazole rings is 1. The monoisotopic (exact) mass is 356 g/mol. The molecule has 4 aromatic rings. The first-order valence-corrected chi connectivity index (χ1v) is 8.32. The van der Waals surface area contributed by atoms with Crippen molar-refractivity contribution in [3.8, 4) is 22.5 Å². The third-order valence-electron chi connectivity index (χ3n) is 4.16. The Morgan fingerprint density at radius 1 is 0.889 bits per heavy atom. The van der Waals surface area contributed by atoms with E-state index in [9.17, 15) is 4.79 Å². The molecule has 7 heteroatoms. The minimum absolute atomic E-state index is 0.385. The van der Waals surface area contributed by atoms with Gasteiger partial charge in [-0.1, -0.05) is 54.6 Å². The molecule has 3 aromatic carbocycles. The van der Waals surface area contributed by atoms with Gasteiger partial charge in [0.1, 0.15) is 0 Å². The molecule has 0 atom stereocenters. The summed E-state index contributed by atoms with van der Waals surface area (Å²) in [5.74, 6) is 0.385. The van der Waals surface area contributed by atoms with Crippen LogP contribution in [0.5, 0.6) is 0 Å². The molecule has 0 aliphatic heterocycles. The molecule has 0 saturated heterocycles. The number of urea groups is 1. The summed E-state index contributed by atoms with van der Waals surface area (Å²) in [6.07, 6.45) is 0. The molecule has 132 valence electrons. The Labute approximate surface area is 155 Å². The average molecular weight is 356 g/mol. The number of nitrogens with one attached hydrogen (secondary N) is 1. The molecule has 0 spiro atoms. The molecule has 0 aliphatic carbocycles. The maximum absolute atomic E-state index is 12.4. The number of aromatic amines is 1. The van der Waals surface area contributed by atoms with Gasteiger partial charge in [-0.3, -0.25) is 4.90 Å². The summed E-state index contributed by atoms with van der Waals surface area (Å²) >= 11 is 0. The summed E-state index contributed by atoms with van der Waals surface area (Å²) in [6.45, 7) is 0. The highest BCUT2D eigenvalue weighted by Crippen LogP contribution is 2.34. The van der Waals surface area contributed by atoms with E-state index in [0.717, 1.165) is 11.1 Å². The highest BCUT2D eigenvalue weighted by Gasteiger charge is 2.21. The first-order valence-electron chi connectivity index (χ1n) is 8.32. The summed E-state index contributed by atoms with van der Waals surface area (Å²) in [5.41, 5.74) is 9.65. The normalized spacial score (nSPS) is 10.5. The lowest BCUT2D eigenvalue weighted by Crippen LogP contribution is -2.31. The van der Waals surface area contributed by atoms with Crippen LogP contribution in [-0.4, -0.2) is 26.7 Å². The number of amides is 2. The van der Waals surface area contributed by atoms with E-state index in [1.807, 2.05) is 72.8 Å². The van der Waals surface area contributed by atoms with Gasteiger partial charge in [0.2, 0.25) is 5.82 Å². The number of nitrogens with zero attached hydrogens (tertiary/aromatic N) is 4. The molecule has 3 N–H and O–H groups in total. The number of aromatic nitrogens is 4. The summed E-state index contributed by atoms with van der Waals surface area (Å²) in [5, 5.41) is 14.1. The molecular weight excluding hydrogens is 340 g/mol. The Balaban J connectivity index is 1.83. The standard InChI is InChI=1S/C20H16N6O/c21-20(27)26(18-12-5-4-11-17(18)19-22-24-25-23-19)16-10-6-9-15(13-16)14-7-2-1-3-8-14/h1-13H,(H2,21,27)(H,22,23,24,25). The van der Waals surface area contributed by atoms with Crippen LogP contribution in [0.25, 0.3) is 22.5 Å². The van der Waals surface area contributed by atoms with Crippen molar-refractivity contribution in [2.75, 3.05) is 4.90 Å². The molecular formula is C20H16N6O. The first-order chi connectivity index (χ1) is 13.2. The predicted molar refractivity (Wildman–Crippen MR) is 103 cm³/mol. The maximum atomic E-state index is 12.4. The molecule has 0 fully saturated rings. The van der Waals surface area contributed by atoms with E-state index in [-0.39, 0.29) is 0 Å². The van der Waals surface area contributed by atoms with E-state index in [4.69, 9.17) is 5.73 Å².